The summed E-state index contributed by atoms with van der Waals surface area (Å²) >= 11 is 0. The van der Waals surface area contributed by atoms with Gasteiger partial charge in [0.1, 0.15) is 6.29 Å². The minimum absolute atomic E-state index is 0.485. The van der Waals surface area contributed by atoms with Crippen LogP contribution >= 0.6 is 0 Å². The molecule has 0 radical (unpaired) electrons. The molecule has 0 rings (SSSR count). The summed E-state index contributed by atoms with van der Waals surface area (Å²) in [5.74, 6) is 0. The molecule has 0 saturated heterocycles. The summed E-state index contributed by atoms with van der Waals surface area (Å²) in [7, 11) is 0. The molecule has 0 aromatic carbocycles. The van der Waals surface area contributed by atoms with Crippen LogP contribution in [0.3, 0.4) is 0 Å². The number of aldehydes is 1. The number of carbonyl (C=O) groups excluding carboxylic acids is 1. The fourth-order valence-corrected chi connectivity index (χ4v) is 1.04. The summed E-state index contributed by atoms with van der Waals surface area (Å²) < 4.78 is 0. The molecule has 2 heteroatoms. The number of hydrogen-bond donors (Lipinski definition) is 1. The molecule has 0 saturated carbocycles. The van der Waals surface area contributed by atoms with Gasteiger partial charge in [0.15, 0.2) is 0 Å². The van der Waals surface area contributed by atoms with E-state index in [-0.39, 0.29) is 0 Å². The highest BCUT2D eigenvalue weighted by Crippen LogP contribution is 2.21. The van der Waals surface area contributed by atoms with Gasteiger partial charge in [0.25, 0.3) is 0 Å². The van der Waals surface area contributed by atoms with Crippen molar-refractivity contribution in [1.82, 2.24) is 0 Å². The molecule has 1 N–H and O–H groups in total. The summed E-state index contributed by atoms with van der Waals surface area (Å²) in [5, 5.41) is 9.57. The molecule has 0 aromatic heterocycles. The van der Waals surface area contributed by atoms with Crippen molar-refractivity contribution in [2.75, 3.05) is 0 Å². The molecule has 0 amide bonds. The number of aliphatic hydroxyl groups is 1. The Morgan fingerprint density at radius 3 is 2.42 bits per heavy atom. The van der Waals surface area contributed by atoms with E-state index in [1.54, 1.807) is 13.8 Å². The quantitative estimate of drug-likeness (QED) is 0.492. The van der Waals surface area contributed by atoms with Crippen LogP contribution in [0.25, 0.3) is 0 Å². The van der Waals surface area contributed by atoms with E-state index >= 15 is 0 Å². The lowest BCUT2D eigenvalue weighted by atomic mass is 9.85. The maximum absolute atomic E-state index is 10.5. The molecule has 1 atom stereocenters. The van der Waals surface area contributed by atoms with Gasteiger partial charge in [0, 0.05) is 5.41 Å². The first-order valence-corrected chi connectivity index (χ1v) is 4.69. The molecule has 1 unspecified atom stereocenters. The van der Waals surface area contributed by atoms with Crippen molar-refractivity contribution in [1.29, 1.82) is 0 Å². The summed E-state index contributed by atoms with van der Waals surface area (Å²) in [6.45, 7) is 5.67. The molecule has 72 valence electrons. The Labute approximate surface area is 75.0 Å². The minimum Gasteiger partial charge on any atom is -0.392 e. The predicted octanol–water partition coefficient (Wildman–Crippen LogP) is 2.15. The smallest absolute Gasteiger partial charge is 0.128 e. The summed E-state index contributed by atoms with van der Waals surface area (Å²) in [5.41, 5.74) is -0.576. The SMILES string of the molecule is CCCCCC(O)C(C)(C)C=O. The van der Waals surface area contributed by atoms with Crippen LogP contribution in [-0.4, -0.2) is 17.5 Å². The highest BCUT2D eigenvalue weighted by Gasteiger charge is 2.26. The lowest BCUT2D eigenvalue weighted by Gasteiger charge is -2.23. The van der Waals surface area contributed by atoms with Crippen LogP contribution in [0.15, 0.2) is 0 Å². The number of aliphatic hydroxyl groups excluding tert-OH is 1. The second-order valence-electron chi connectivity index (χ2n) is 3.95. The highest BCUT2D eigenvalue weighted by molar-refractivity contribution is 5.58. The molecular weight excluding hydrogens is 152 g/mol. The topological polar surface area (TPSA) is 37.3 Å². The van der Waals surface area contributed by atoms with Gasteiger partial charge in [-0.3, -0.25) is 0 Å². The third-order valence-electron chi connectivity index (χ3n) is 2.24. The maximum Gasteiger partial charge on any atom is 0.128 e. The van der Waals surface area contributed by atoms with Crippen LogP contribution in [0, 0.1) is 5.41 Å². The second-order valence-corrected chi connectivity index (χ2v) is 3.95. The number of hydrogen-bond acceptors (Lipinski definition) is 2. The van der Waals surface area contributed by atoms with Crippen molar-refractivity contribution in [3.63, 3.8) is 0 Å². The van der Waals surface area contributed by atoms with Crippen LogP contribution in [0.4, 0.5) is 0 Å². The largest absolute Gasteiger partial charge is 0.392 e. The van der Waals surface area contributed by atoms with Crippen LogP contribution in [0.1, 0.15) is 46.5 Å². The normalized spacial score (nSPS) is 14.3. The molecule has 2 nitrogen and oxygen atoms in total. The van der Waals surface area contributed by atoms with Gasteiger partial charge in [-0.25, -0.2) is 0 Å². The second kappa shape index (κ2) is 5.31. The minimum atomic E-state index is -0.576. The van der Waals surface area contributed by atoms with Gasteiger partial charge in [-0.1, -0.05) is 40.0 Å². The third-order valence-corrected chi connectivity index (χ3v) is 2.24. The van der Waals surface area contributed by atoms with Crippen molar-refractivity contribution in [2.24, 2.45) is 5.41 Å². The summed E-state index contributed by atoms with van der Waals surface area (Å²) in [4.78, 5) is 10.5. The van der Waals surface area contributed by atoms with Gasteiger partial charge in [0.05, 0.1) is 6.10 Å². The molecule has 0 heterocycles. The molecule has 0 aliphatic rings. The summed E-state index contributed by atoms with van der Waals surface area (Å²) in [6, 6.07) is 0. The molecular formula is C10H20O2. The first-order chi connectivity index (χ1) is 5.54. The Hall–Kier alpha value is -0.370. The Kier molecular flexibility index (Phi) is 5.14. The standard InChI is InChI=1S/C10H20O2/c1-4-5-6-7-9(12)10(2,3)8-11/h8-9,12H,4-7H2,1-3H3. The van der Waals surface area contributed by atoms with Crippen molar-refractivity contribution >= 4 is 6.29 Å². The predicted molar refractivity (Wildman–Crippen MR) is 50.0 cm³/mol. The van der Waals surface area contributed by atoms with Gasteiger partial charge in [-0.2, -0.15) is 0 Å². The van der Waals surface area contributed by atoms with Gasteiger partial charge in [-0.05, 0) is 6.42 Å². The monoisotopic (exact) mass is 172 g/mol. The Morgan fingerprint density at radius 2 is 2.00 bits per heavy atom. The Balaban J connectivity index is 3.70. The fourth-order valence-electron chi connectivity index (χ4n) is 1.04. The number of rotatable bonds is 6. The van der Waals surface area contributed by atoms with Crippen LogP contribution < -0.4 is 0 Å². The van der Waals surface area contributed by atoms with Crippen LogP contribution in [0.5, 0.6) is 0 Å². The average molecular weight is 172 g/mol. The van der Waals surface area contributed by atoms with Crippen molar-refractivity contribution in [3.05, 3.63) is 0 Å². The van der Waals surface area contributed by atoms with E-state index in [2.05, 4.69) is 6.92 Å². The molecule has 0 spiro atoms. The van der Waals surface area contributed by atoms with E-state index in [0.29, 0.717) is 0 Å². The molecule has 0 aromatic rings. The number of unbranched alkanes of at least 4 members (excludes halogenated alkanes) is 2. The van der Waals surface area contributed by atoms with Crippen molar-refractivity contribution in [2.45, 2.75) is 52.6 Å². The zero-order valence-corrected chi connectivity index (χ0v) is 8.34. The Bertz CT molecular complexity index is 130. The molecule has 0 fully saturated rings. The van der Waals surface area contributed by atoms with Gasteiger partial charge >= 0.3 is 0 Å². The lowest BCUT2D eigenvalue weighted by Crippen LogP contribution is -2.30. The number of carbonyl (C=O) groups is 1. The van der Waals surface area contributed by atoms with Gasteiger partial charge < -0.3 is 9.90 Å². The van der Waals surface area contributed by atoms with E-state index in [1.807, 2.05) is 0 Å². The van der Waals surface area contributed by atoms with E-state index in [4.69, 9.17) is 0 Å². The van der Waals surface area contributed by atoms with Crippen molar-refractivity contribution < 1.29 is 9.90 Å². The van der Waals surface area contributed by atoms with E-state index in [9.17, 15) is 9.90 Å². The Morgan fingerprint density at radius 1 is 1.42 bits per heavy atom. The first kappa shape index (κ1) is 11.6. The molecule has 0 aliphatic heterocycles. The first-order valence-electron chi connectivity index (χ1n) is 4.69. The van der Waals surface area contributed by atoms with Crippen LogP contribution in [-0.2, 0) is 4.79 Å². The maximum atomic E-state index is 10.5. The third kappa shape index (κ3) is 3.86. The van der Waals surface area contributed by atoms with E-state index in [1.165, 1.54) is 0 Å². The molecule has 0 bridgehead atoms. The molecule has 0 aliphatic carbocycles. The highest BCUT2D eigenvalue weighted by atomic mass is 16.3. The van der Waals surface area contributed by atoms with Gasteiger partial charge in [0.2, 0.25) is 0 Å². The van der Waals surface area contributed by atoms with Crippen LogP contribution in [0.2, 0.25) is 0 Å². The fraction of sp³-hybridized carbons (Fsp3) is 0.900. The van der Waals surface area contributed by atoms with Gasteiger partial charge in [-0.15, -0.1) is 0 Å². The zero-order chi connectivity index (χ0) is 9.61. The van der Waals surface area contributed by atoms with E-state index in [0.717, 1.165) is 32.0 Å². The lowest BCUT2D eigenvalue weighted by molar-refractivity contribution is -0.120. The zero-order valence-electron chi connectivity index (χ0n) is 8.34. The van der Waals surface area contributed by atoms with E-state index < -0.39 is 11.5 Å². The van der Waals surface area contributed by atoms with Crippen molar-refractivity contribution in [3.8, 4) is 0 Å². The molecule has 12 heavy (non-hydrogen) atoms. The average Bonchev–Trinajstić information content (AvgIpc) is 2.05. The summed E-state index contributed by atoms with van der Waals surface area (Å²) in [6.07, 6.45) is 4.37.